The summed E-state index contributed by atoms with van der Waals surface area (Å²) < 4.78 is 25.9. The van der Waals surface area contributed by atoms with Gasteiger partial charge in [-0.1, -0.05) is 98.8 Å². The fourth-order valence-corrected chi connectivity index (χ4v) is 6.14. The molecule has 1 heterocycles. The van der Waals surface area contributed by atoms with E-state index in [0.29, 0.717) is 17.7 Å². The van der Waals surface area contributed by atoms with Crippen LogP contribution in [0.15, 0.2) is 126 Å². The summed E-state index contributed by atoms with van der Waals surface area (Å²) in [5.74, 6) is 0.197. The van der Waals surface area contributed by atoms with E-state index in [0.717, 1.165) is 45.4 Å². The van der Waals surface area contributed by atoms with Crippen molar-refractivity contribution >= 4 is 39.2 Å². The number of furan rings is 1. The van der Waals surface area contributed by atoms with Gasteiger partial charge in [-0.25, -0.2) is 4.21 Å². The van der Waals surface area contributed by atoms with Crippen molar-refractivity contribution in [2.24, 2.45) is 5.41 Å². The Balaban J connectivity index is 1.20. The van der Waals surface area contributed by atoms with E-state index < -0.39 is 23.2 Å². The first-order valence-electron chi connectivity index (χ1n) is 16.1. The van der Waals surface area contributed by atoms with Crippen LogP contribution < -0.4 is 10.6 Å². The summed E-state index contributed by atoms with van der Waals surface area (Å²) in [6.45, 7) is 4.65. The molecule has 0 saturated carbocycles. The molecule has 0 radical (unpaired) electrons. The van der Waals surface area contributed by atoms with E-state index in [1.165, 1.54) is 5.57 Å². The Morgan fingerprint density at radius 3 is 2.27 bits per heavy atom. The van der Waals surface area contributed by atoms with Crippen LogP contribution >= 0.6 is 0 Å². The van der Waals surface area contributed by atoms with Gasteiger partial charge in [0.15, 0.2) is 11.1 Å². The normalized spacial score (nSPS) is 15.9. The number of allylic oxidation sites excluding steroid dienone is 4. The highest BCUT2D eigenvalue weighted by atomic mass is 32.2. The number of nitrogens with one attached hydrogen (secondary N) is 2. The number of hydrogen-bond donors (Lipinski definition) is 4. The maximum atomic E-state index is 13.9. The van der Waals surface area contributed by atoms with Crippen molar-refractivity contribution in [3.05, 3.63) is 144 Å². The summed E-state index contributed by atoms with van der Waals surface area (Å²) in [5.41, 5.74) is 7.36. The second kappa shape index (κ2) is 14.7. The average molecular weight is 661 g/mol. The molecule has 4 aromatic carbocycles. The van der Waals surface area contributed by atoms with Crippen molar-refractivity contribution in [1.29, 1.82) is 0 Å². The lowest BCUT2D eigenvalue weighted by Crippen LogP contribution is -2.25. The predicted octanol–water partition coefficient (Wildman–Crippen LogP) is 8.24. The van der Waals surface area contributed by atoms with E-state index >= 15 is 0 Å². The quantitative estimate of drug-likeness (QED) is 0.0793. The van der Waals surface area contributed by atoms with Crippen LogP contribution in [0.1, 0.15) is 54.7 Å². The van der Waals surface area contributed by atoms with Crippen molar-refractivity contribution in [3.8, 4) is 11.3 Å². The Kier molecular flexibility index (Phi) is 10.2. The third-order valence-corrected chi connectivity index (χ3v) is 9.29. The number of hydrogen-bond acceptors (Lipinski definition) is 5. The van der Waals surface area contributed by atoms with Crippen molar-refractivity contribution in [1.82, 2.24) is 5.32 Å². The van der Waals surface area contributed by atoms with Crippen LogP contribution in [0.2, 0.25) is 0 Å². The number of amides is 1. The SMILES string of the molecule is CC1(C)C=CC(c2ccc(C(Cc3ccc(C(O)NCCS(=O)O)cc3)C(=O)Nc3ccc(-c4cc5ccccc5o4)cc3)cc2)=CC1. The van der Waals surface area contributed by atoms with E-state index in [9.17, 15) is 14.1 Å². The van der Waals surface area contributed by atoms with Crippen LogP contribution in [0.25, 0.3) is 27.9 Å². The Labute approximate surface area is 283 Å². The molecule has 0 fully saturated rings. The Morgan fingerprint density at radius 2 is 1.60 bits per heavy atom. The lowest BCUT2D eigenvalue weighted by atomic mass is 9.82. The minimum atomic E-state index is -1.93. The fourth-order valence-electron chi connectivity index (χ4n) is 5.85. The van der Waals surface area contributed by atoms with Crippen LogP contribution in [0.3, 0.4) is 0 Å². The Hall–Kier alpha value is -4.60. The zero-order valence-corrected chi connectivity index (χ0v) is 27.9. The largest absolute Gasteiger partial charge is 0.456 e. The first kappa shape index (κ1) is 33.3. The lowest BCUT2D eigenvalue weighted by Gasteiger charge is -2.23. The minimum absolute atomic E-state index is 0.0267. The molecule has 6 rings (SSSR count). The summed E-state index contributed by atoms with van der Waals surface area (Å²) in [5, 5.41) is 17.5. The van der Waals surface area contributed by atoms with Gasteiger partial charge in [0.2, 0.25) is 5.91 Å². The molecule has 5 aromatic rings. The van der Waals surface area contributed by atoms with E-state index in [1.807, 2.05) is 78.9 Å². The first-order chi connectivity index (χ1) is 23.1. The first-order valence-corrected chi connectivity index (χ1v) is 17.4. The van der Waals surface area contributed by atoms with Gasteiger partial charge in [-0.3, -0.25) is 10.1 Å². The Bertz CT molecular complexity index is 1930. The maximum Gasteiger partial charge on any atom is 0.232 e. The van der Waals surface area contributed by atoms with Crippen LogP contribution in [0, 0.1) is 5.41 Å². The third kappa shape index (κ3) is 8.27. The van der Waals surface area contributed by atoms with Crippen LogP contribution in [-0.2, 0) is 22.3 Å². The summed E-state index contributed by atoms with van der Waals surface area (Å²) in [4.78, 5) is 13.9. The van der Waals surface area contributed by atoms with Crippen LogP contribution in [0.4, 0.5) is 5.69 Å². The Morgan fingerprint density at radius 1 is 0.917 bits per heavy atom. The second-order valence-electron chi connectivity index (χ2n) is 12.9. The molecule has 246 valence electrons. The molecule has 4 N–H and O–H groups in total. The van der Waals surface area contributed by atoms with Crippen molar-refractivity contribution in [2.75, 3.05) is 17.6 Å². The zero-order chi connectivity index (χ0) is 33.7. The molecule has 3 unspecified atom stereocenters. The second-order valence-corrected chi connectivity index (χ2v) is 14.0. The fraction of sp³-hybridized carbons (Fsp3) is 0.225. The van der Waals surface area contributed by atoms with Crippen LogP contribution in [0.5, 0.6) is 0 Å². The summed E-state index contributed by atoms with van der Waals surface area (Å²) in [6, 6.07) is 33.2. The number of fused-ring (bicyclic) bond motifs is 1. The molecule has 7 nitrogen and oxygen atoms in total. The van der Waals surface area contributed by atoms with E-state index in [4.69, 9.17) is 8.97 Å². The van der Waals surface area contributed by atoms with Crippen molar-refractivity contribution in [2.45, 2.75) is 38.8 Å². The van der Waals surface area contributed by atoms with Crippen molar-refractivity contribution < 1.29 is 23.1 Å². The molecular formula is C40H40N2O5S. The van der Waals surface area contributed by atoms with Crippen LogP contribution in [-0.4, -0.2) is 32.1 Å². The summed E-state index contributed by atoms with van der Waals surface area (Å²) >= 11 is -1.93. The van der Waals surface area contributed by atoms with Gasteiger partial charge in [-0.2, -0.15) is 0 Å². The molecule has 0 aliphatic heterocycles. The summed E-state index contributed by atoms with van der Waals surface area (Å²) in [6.07, 6.45) is 7.14. The minimum Gasteiger partial charge on any atom is -0.456 e. The molecule has 8 heteroatoms. The number of carbonyl (C=O) groups is 1. The van der Waals surface area contributed by atoms with E-state index in [1.54, 1.807) is 12.1 Å². The molecule has 1 aromatic heterocycles. The highest BCUT2D eigenvalue weighted by Crippen LogP contribution is 2.33. The molecule has 1 aliphatic carbocycles. The topological polar surface area (TPSA) is 112 Å². The van der Waals surface area contributed by atoms with E-state index in [2.05, 4.69) is 54.8 Å². The van der Waals surface area contributed by atoms with Gasteiger partial charge in [-0.05, 0) is 82.5 Å². The number of aliphatic hydroxyl groups excluding tert-OH is 1. The lowest BCUT2D eigenvalue weighted by molar-refractivity contribution is -0.117. The van der Waals surface area contributed by atoms with Gasteiger partial charge in [0.25, 0.3) is 0 Å². The molecular weight excluding hydrogens is 621 g/mol. The average Bonchev–Trinajstić information content (AvgIpc) is 3.52. The predicted molar refractivity (Wildman–Crippen MR) is 194 cm³/mol. The number of anilines is 1. The zero-order valence-electron chi connectivity index (χ0n) is 27.1. The molecule has 1 aliphatic rings. The molecule has 0 spiro atoms. The molecule has 3 atom stereocenters. The summed E-state index contributed by atoms with van der Waals surface area (Å²) in [7, 11) is 0. The molecule has 48 heavy (non-hydrogen) atoms. The van der Waals surface area contributed by atoms with Gasteiger partial charge < -0.3 is 19.4 Å². The standard InChI is InChI=1S/C40H40N2O5S/c1-40(2)21-19-29(20-22-40)28-11-13-30(14-12-28)35(25-27-7-9-32(10-8-27)38(43)41-23-24-48(45)46)39(44)42-34-17-15-31(16-18-34)37-26-33-5-3-4-6-36(33)47-37/h3-21,26,35,38,41,43H,22-25H2,1-2H3,(H,42,44)(H,45,46). The molecule has 1 amide bonds. The van der Waals surface area contributed by atoms with Gasteiger partial charge in [-0.15, -0.1) is 0 Å². The van der Waals surface area contributed by atoms with Gasteiger partial charge in [0, 0.05) is 23.2 Å². The van der Waals surface area contributed by atoms with Gasteiger partial charge >= 0.3 is 0 Å². The highest BCUT2D eigenvalue weighted by Gasteiger charge is 2.23. The molecule has 0 saturated heterocycles. The van der Waals surface area contributed by atoms with Crippen molar-refractivity contribution in [3.63, 3.8) is 0 Å². The third-order valence-electron chi connectivity index (χ3n) is 8.74. The molecule has 0 bridgehead atoms. The number of aliphatic hydroxyl groups is 1. The number of benzene rings is 4. The number of carbonyl (C=O) groups excluding carboxylic acids is 1. The highest BCUT2D eigenvalue weighted by molar-refractivity contribution is 7.79. The monoisotopic (exact) mass is 660 g/mol. The van der Waals surface area contributed by atoms with Gasteiger partial charge in [0.1, 0.15) is 17.6 Å². The maximum absolute atomic E-state index is 13.9. The smallest absolute Gasteiger partial charge is 0.232 e. The van der Waals surface area contributed by atoms with E-state index in [-0.39, 0.29) is 23.6 Å². The number of rotatable bonds is 12. The number of para-hydroxylation sites is 1. The van der Waals surface area contributed by atoms with Gasteiger partial charge in [0.05, 0.1) is 11.7 Å².